The molecule has 0 bridgehead atoms. The molecular weight excluding hydrogens is 390 g/mol. The minimum Gasteiger partial charge on any atom is -0.497 e. The van der Waals surface area contributed by atoms with Crippen molar-refractivity contribution in [2.75, 3.05) is 13.7 Å². The summed E-state index contributed by atoms with van der Waals surface area (Å²) in [5.41, 5.74) is 0.811. The molecule has 27 heavy (non-hydrogen) atoms. The van der Waals surface area contributed by atoms with Crippen LogP contribution in [0.5, 0.6) is 5.75 Å². The maximum absolute atomic E-state index is 13.2. The fourth-order valence-electron chi connectivity index (χ4n) is 2.99. The van der Waals surface area contributed by atoms with E-state index in [-0.39, 0.29) is 23.4 Å². The summed E-state index contributed by atoms with van der Waals surface area (Å²) in [5.74, 6) is -0.470. The van der Waals surface area contributed by atoms with Crippen LogP contribution in [0, 0.1) is 0 Å². The first-order valence-corrected chi connectivity index (χ1v) is 9.98. The molecule has 0 saturated heterocycles. The Morgan fingerprint density at radius 3 is 2.33 bits per heavy atom. The van der Waals surface area contributed by atoms with E-state index in [1.807, 2.05) is 0 Å². The van der Waals surface area contributed by atoms with Crippen molar-refractivity contribution >= 4 is 27.6 Å². The summed E-state index contributed by atoms with van der Waals surface area (Å²) in [4.78, 5) is 11.5. The average Bonchev–Trinajstić information content (AvgIpc) is 2.68. The fraction of sp³-hybridized carbons (Fsp3) is 0.211. The molecule has 142 valence electrons. The number of hydrogen-bond donors (Lipinski definition) is 1. The number of halogens is 1. The van der Waals surface area contributed by atoms with Gasteiger partial charge in [-0.15, -0.1) is 0 Å². The lowest BCUT2D eigenvalue weighted by Crippen LogP contribution is -2.39. The zero-order valence-electron chi connectivity index (χ0n) is 14.5. The van der Waals surface area contributed by atoms with Crippen LogP contribution in [0.3, 0.4) is 0 Å². The fourth-order valence-corrected chi connectivity index (χ4v) is 4.72. The average molecular weight is 408 g/mol. The lowest BCUT2D eigenvalue weighted by atomic mass is 9.98. The van der Waals surface area contributed by atoms with Crippen molar-refractivity contribution in [2.24, 2.45) is 0 Å². The Labute approximate surface area is 162 Å². The molecule has 1 atom stereocenters. The summed E-state index contributed by atoms with van der Waals surface area (Å²) in [6.45, 7) is -0.211. The Morgan fingerprint density at radius 2 is 1.78 bits per heavy atom. The minimum absolute atomic E-state index is 0.0531. The van der Waals surface area contributed by atoms with Crippen molar-refractivity contribution in [3.05, 3.63) is 70.8 Å². The number of ether oxygens (including phenoxy) is 1. The number of carbonyl (C=O) groups is 1. The number of hydrogen-bond acceptors (Lipinski definition) is 4. The third kappa shape index (κ3) is 4.00. The number of carboxylic acids is 1. The quantitative estimate of drug-likeness (QED) is 0.820. The van der Waals surface area contributed by atoms with Gasteiger partial charge in [0, 0.05) is 17.1 Å². The van der Waals surface area contributed by atoms with Gasteiger partial charge in [-0.1, -0.05) is 29.8 Å². The van der Waals surface area contributed by atoms with Crippen LogP contribution in [0.4, 0.5) is 0 Å². The number of benzene rings is 2. The van der Waals surface area contributed by atoms with E-state index >= 15 is 0 Å². The Morgan fingerprint density at radius 1 is 1.15 bits per heavy atom. The first-order valence-electron chi connectivity index (χ1n) is 8.16. The molecule has 6 nitrogen and oxygen atoms in total. The van der Waals surface area contributed by atoms with E-state index in [9.17, 15) is 18.3 Å². The van der Waals surface area contributed by atoms with Gasteiger partial charge in [-0.05, 0) is 48.4 Å². The van der Waals surface area contributed by atoms with Crippen LogP contribution < -0.4 is 4.74 Å². The number of sulfonamides is 1. The molecule has 3 rings (SSSR count). The van der Waals surface area contributed by atoms with Gasteiger partial charge in [0.2, 0.25) is 10.0 Å². The predicted octanol–water partition coefficient (Wildman–Crippen LogP) is 3.50. The monoisotopic (exact) mass is 407 g/mol. The SMILES string of the molecule is COc1ccc([C@@H]2CC=C(C(=O)O)CN2S(=O)(=O)c2ccc(Cl)cc2)cc1. The molecule has 2 aromatic rings. The molecule has 2 aromatic carbocycles. The Hall–Kier alpha value is -2.35. The summed E-state index contributed by atoms with van der Waals surface area (Å²) in [5, 5.41) is 9.75. The van der Waals surface area contributed by atoms with E-state index in [2.05, 4.69) is 0 Å². The van der Waals surface area contributed by atoms with Crippen LogP contribution >= 0.6 is 11.6 Å². The van der Waals surface area contributed by atoms with Crippen molar-refractivity contribution in [2.45, 2.75) is 17.4 Å². The van der Waals surface area contributed by atoms with Crippen molar-refractivity contribution < 1.29 is 23.1 Å². The largest absolute Gasteiger partial charge is 0.497 e. The van der Waals surface area contributed by atoms with Gasteiger partial charge in [-0.2, -0.15) is 4.31 Å². The number of nitrogens with zero attached hydrogens (tertiary/aromatic N) is 1. The normalized spacial score (nSPS) is 18.0. The van der Waals surface area contributed by atoms with E-state index in [1.54, 1.807) is 37.5 Å². The smallest absolute Gasteiger partial charge is 0.332 e. The van der Waals surface area contributed by atoms with E-state index in [0.717, 1.165) is 5.56 Å². The van der Waals surface area contributed by atoms with Crippen LogP contribution in [0.1, 0.15) is 18.0 Å². The highest BCUT2D eigenvalue weighted by Crippen LogP contribution is 2.35. The van der Waals surface area contributed by atoms with Crippen LogP contribution in [-0.4, -0.2) is 37.5 Å². The predicted molar refractivity (Wildman–Crippen MR) is 101 cm³/mol. The highest BCUT2D eigenvalue weighted by Gasteiger charge is 2.36. The van der Waals surface area contributed by atoms with E-state index in [0.29, 0.717) is 10.8 Å². The van der Waals surface area contributed by atoms with E-state index in [4.69, 9.17) is 16.3 Å². The molecule has 1 aliphatic rings. The standard InChI is InChI=1S/C19H18ClNO5S/c1-26-16-7-2-13(3-8-16)18-11-4-14(19(22)23)12-21(18)27(24,25)17-9-5-15(20)6-10-17/h2-10,18H,11-12H2,1H3,(H,22,23)/t18-/m0/s1. The zero-order chi connectivity index (χ0) is 19.6. The topological polar surface area (TPSA) is 83.9 Å². The van der Waals surface area contributed by atoms with Gasteiger partial charge >= 0.3 is 5.97 Å². The highest BCUT2D eigenvalue weighted by molar-refractivity contribution is 7.89. The molecule has 0 unspecified atom stereocenters. The Kier molecular flexibility index (Phi) is 5.55. The molecule has 1 aliphatic heterocycles. The number of carboxylic acid groups (broad SMARTS) is 1. The maximum atomic E-state index is 13.2. The molecule has 0 amide bonds. The van der Waals surface area contributed by atoms with Gasteiger partial charge in [-0.3, -0.25) is 0 Å². The molecular formula is C19H18ClNO5S. The number of aliphatic carboxylic acids is 1. The van der Waals surface area contributed by atoms with Gasteiger partial charge in [0.15, 0.2) is 0 Å². The highest BCUT2D eigenvalue weighted by atomic mass is 35.5. The zero-order valence-corrected chi connectivity index (χ0v) is 16.1. The van der Waals surface area contributed by atoms with E-state index < -0.39 is 22.0 Å². The first-order chi connectivity index (χ1) is 12.8. The summed E-state index contributed by atoms with van der Waals surface area (Å²) >= 11 is 5.86. The van der Waals surface area contributed by atoms with Crippen LogP contribution in [0.15, 0.2) is 65.1 Å². The second-order valence-electron chi connectivity index (χ2n) is 6.06. The van der Waals surface area contributed by atoms with Crippen LogP contribution in [-0.2, 0) is 14.8 Å². The molecule has 0 aliphatic carbocycles. The molecule has 1 heterocycles. The molecule has 0 radical (unpaired) electrons. The third-order valence-electron chi connectivity index (χ3n) is 4.46. The van der Waals surface area contributed by atoms with Crippen molar-refractivity contribution in [1.82, 2.24) is 4.31 Å². The molecule has 0 aromatic heterocycles. The van der Waals surface area contributed by atoms with Gasteiger partial charge in [0.05, 0.1) is 18.0 Å². The maximum Gasteiger partial charge on any atom is 0.332 e. The molecule has 0 saturated carbocycles. The summed E-state index contributed by atoms with van der Waals surface area (Å²) in [7, 11) is -2.37. The third-order valence-corrected chi connectivity index (χ3v) is 6.58. The summed E-state index contributed by atoms with van der Waals surface area (Å²) in [6.07, 6.45) is 1.84. The minimum atomic E-state index is -3.92. The molecule has 0 spiro atoms. The Balaban J connectivity index is 2.04. The van der Waals surface area contributed by atoms with Crippen molar-refractivity contribution in [1.29, 1.82) is 0 Å². The van der Waals surface area contributed by atoms with Crippen LogP contribution in [0.2, 0.25) is 5.02 Å². The molecule has 0 fully saturated rings. The van der Waals surface area contributed by atoms with Gasteiger partial charge < -0.3 is 9.84 Å². The molecule has 1 N–H and O–H groups in total. The van der Waals surface area contributed by atoms with E-state index in [1.165, 1.54) is 28.6 Å². The number of methoxy groups -OCH3 is 1. The van der Waals surface area contributed by atoms with Crippen LogP contribution in [0.25, 0.3) is 0 Å². The van der Waals surface area contributed by atoms with Gasteiger partial charge in [0.25, 0.3) is 0 Å². The second kappa shape index (κ2) is 7.72. The second-order valence-corrected chi connectivity index (χ2v) is 8.39. The molecule has 8 heteroatoms. The van der Waals surface area contributed by atoms with Crippen molar-refractivity contribution in [3.8, 4) is 5.75 Å². The lowest BCUT2D eigenvalue weighted by Gasteiger charge is -2.34. The summed E-state index contributed by atoms with van der Waals surface area (Å²) < 4.78 is 32.8. The number of rotatable bonds is 5. The first kappa shape index (κ1) is 19.4. The van der Waals surface area contributed by atoms with Crippen molar-refractivity contribution in [3.63, 3.8) is 0 Å². The Bertz CT molecular complexity index is 968. The van der Waals surface area contributed by atoms with Gasteiger partial charge in [0.1, 0.15) is 5.75 Å². The summed E-state index contributed by atoms with van der Waals surface area (Å²) in [6, 6.07) is 12.4. The lowest BCUT2D eigenvalue weighted by molar-refractivity contribution is -0.133. The van der Waals surface area contributed by atoms with Gasteiger partial charge in [-0.25, -0.2) is 13.2 Å².